The molecule has 0 aliphatic carbocycles. The first-order valence-corrected chi connectivity index (χ1v) is 3.44. The Morgan fingerprint density at radius 1 is 1.50 bits per heavy atom. The molecule has 0 spiro atoms. The lowest BCUT2D eigenvalue weighted by molar-refractivity contribution is 1.04. The largest absolute Gasteiger partial charge is 0.364 e. The van der Waals surface area contributed by atoms with Crippen LogP contribution in [0.5, 0.6) is 0 Å². The van der Waals surface area contributed by atoms with Gasteiger partial charge in [-0.25, -0.2) is 0 Å². The van der Waals surface area contributed by atoms with Gasteiger partial charge in [-0.3, -0.25) is 0 Å². The molecule has 0 amide bonds. The molecule has 1 N–H and O–H groups in total. The summed E-state index contributed by atoms with van der Waals surface area (Å²) in [7, 11) is 0. The molecule has 2 heteroatoms. The van der Waals surface area contributed by atoms with Crippen molar-refractivity contribution in [2.45, 2.75) is 13.8 Å². The second kappa shape index (κ2) is 2.27. The van der Waals surface area contributed by atoms with E-state index in [-0.39, 0.29) is 0 Å². The van der Waals surface area contributed by atoms with Gasteiger partial charge in [-0.15, -0.1) is 0 Å². The molecule has 0 saturated carbocycles. The van der Waals surface area contributed by atoms with Crippen molar-refractivity contribution in [1.82, 2.24) is 5.32 Å². The van der Waals surface area contributed by atoms with Crippen molar-refractivity contribution in [3.05, 3.63) is 22.2 Å². The highest BCUT2D eigenvalue weighted by Gasteiger charge is 1.96. The average Bonchev–Trinajstić information content (AvgIpc) is 1.77. The Labute approximate surface area is 53.9 Å². The molecule has 0 atom stereocenters. The molecule has 0 aromatic carbocycles. The minimum Gasteiger partial charge on any atom is -0.364 e. The molecule has 0 bridgehead atoms. The minimum atomic E-state index is 1.26. The van der Waals surface area contributed by atoms with Crippen LogP contribution >= 0.6 is 11.8 Å². The molecule has 1 rings (SSSR count). The zero-order valence-corrected chi connectivity index (χ0v) is 5.88. The van der Waals surface area contributed by atoms with Gasteiger partial charge in [0.2, 0.25) is 0 Å². The van der Waals surface area contributed by atoms with Crippen LogP contribution in [-0.2, 0) is 0 Å². The van der Waals surface area contributed by atoms with Crippen molar-refractivity contribution in [2.24, 2.45) is 0 Å². The number of nitrogens with one attached hydrogen (secondary N) is 1. The van der Waals surface area contributed by atoms with Gasteiger partial charge in [0, 0.05) is 16.8 Å². The van der Waals surface area contributed by atoms with Crippen molar-refractivity contribution in [3.8, 4) is 0 Å². The summed E-state index contributed by atoms with van der Waals surface area (Å²) in [6.07, 6.45) is 1.95. The molecule has 0 unspecified atom stereocenters. The molecule has 0 aromatic heterocycles. The molecular formula is C6H9NS. The molecule has 1 aliphatic rings. The van der Waals surface area contributed by atoms with Crippen molar-refractivity contribution in [3.63, 3.8) is 0 Å². The predicted octanol–water partition coefficient (Wildman–Crippen LogP) is 2.05. The summed E-state index contributed by atoms with van der Waals surface area (Å²) < 4.78 is 0. The van der Waals surface area contributed by atoms with Gasteiger partial charge in [0.25, 0.3) is 0 Å². The lowest BCUT2D eigenvalue weighted by Gasteiger charge is -2.08. The Bertz CT molecular complexity index is 131. The number of thioether (sulfide) groups is 1. The summed E-state index contributed by atoms with van der Waals surface area (Å²) in [6, 6.07) is 0. The fourth-order valence-electron chi connectivity index (χ4n) is 0.485. The molecule has 8 heavy (non-hydrogen) atoms. The van der Waals surface area contributed by atoms with Crippen LogP contribution in [0.2, 0.25) is 0 Å². The van der Waals surface area contributed by atoms with E-state index in [1.807, 2.05) is 11.6 Å². The number of hydrogen-bond donors (Lipinski definition) is 1. The molecule has 0 aromatic rings. The highest BCUT2D eigenvalue weighted by molar-refractivity contribution is 8.05. The van der Waals surface area contributed by atoms with Gasteiger partial charge in [0.1, 0.15) is 0 Å². The first-order chi connectivity index (χ1) is 3.80. The van der Waals surface area contributed by atoms with Gasteiger partial charge in [0.05, 0.1) is 0 Å². The Morgan fingerprint density at radius 3 is 2.62 bits per heavy atom. The standard InChI is InChI=1S/C6H9NS/c1-5-6(2)8-4-3-7-5/h3-4,7H,1-2H3. The van der Waals surface area contributed by atoms with Crippen molar-refractivity contribution in [2.75, 3.05) is 0 Å². The minimum absolute atomic E-state index is 1.26. The predicted molar refractivity (Wildman–Crippen MR) is 38.2 cm³/mol. The van der Waals surface area contributed by atoms with E-state index in [0.29, 0.717) is 0 Å². The highest BCUT2D eigenvalue weighted by atomic mass is 32.2. The van der Waals surface area contributed by atoms with Gasteiger partial charge in [-0.05, 0) is 19.3 Å². The Morgan fingerprint density at radius 2 is 2.25 bits per heavy atom. The molecular weight excluding hydrogens is 118 g/mol. The summed E-state index contributed by atoms with van der Waals surface area (Å²) in [5.74, 6) is 0. The van der Waals surface area contributed by atoms with E-state index in [4.69, 9.17) is 0 Å². The van der Waals surface area contributed by atoms with E-state index >= 15 is 0 Å². The smallest absolute Gasteiger partial charge is 0.0212 e. The molecule has 0 radical (unpaired) electrons. The lowest BCUT2D eigenvalue weighted by Crippen LogP contribution is -2.04. The summed E-state index contributed by atoms with van der Waals surface area (Å²) in [6.45, 7) is 4.18. The maximum absolute atomic E-state index is 3.11. The first-order valence-electron chi connectivity index (χ1n) is 2.56. The second-order valence-electron chi connectivity index (χ2n) is 1.75. The van der Waals surface area contributed by atoms with Gasteiger partial charge in [-0.2, -0.15) is 0 Å². The van der Waals surface area contributed by atoms with Crippen LogP contribution in [0.1, 0.15) is 13.8 Å². The van der Waals surface area contributed by atoms with Crippen LogP contribution in [0.25, 0.3) is 0 Å². The maximum Gasteiger partial charge on any atom is 0.0212 e. The average molecular weight is 127 g/mol. The maximum atomic E-state index is 3.11. The zero-order chi connectivity index (χ0) is 5.98. The van der Waals surface area contributed by atoms with Crippen molar-refractivity contribution >= 4 is 11.8 Å². The van der Waals surface area contributed by atoms with Gasteiger partial charge < -0.3 is 5.32 Å². The van der Waals surface area contributed by atoms with Gasteiger partial charge >= 0.3 is 0 Å². The van der Waals surface area contributed by atoms with Crippen LogP contribution in [0.15, 0.2) is 22.2 Å². The zero-order valence-electron chi connectivity index (χ0n) is 5.06. The highest BCUT2D eigenvalue weighted by Crippen LogP contribution is 2.21. The van der Waals surface area contributed by atoms with Gasteiger partial charge in [0.15, 0.2) is 0 Å². The second-order valence-corrected chi connectivity index (χ2v) is 2.87. The van der Waals surface area contributed by atoms with E-state index in [0.717, 1.165) is 0 Å². The summed E-state index contributed by atoms with van der Waals surface area (Å²) in [5.41, 5.74) is 1.26. The Kier molecular flexibility index (Phi) is 1.63. The van der Waals surface area contributed by atoms with Crippen LogP contribution in [0.3, 0.4) is 0 Å². The monoisotopic (exact) mass is 127 g/mol. The lowest BCUT2D eigenvalue weighted by atomic mass is 10.4. The van der Waals surface area contributed by atoms with E-state index < -0.39 is 0 Å². The SMILES string of the molecule is CC1=C(C)SC=CN1. The van der Waals surface area contributed by atoms with E-state index in [9.17, 15) is 0 Å². The van der Waals surface area contributed by atoms with E-state index in [2.05, 4.69) is 19.2 Å². The van der Waals surface area contributed by atoms with Crippen molar-refractivity contribution in [1.29, 1.82) is 0 Å². The summed E-state index contributed by atoms with van der Waals surface area (Å²) in [4.78, 5) is 1.35. The Hall–Kier alpha value is -0.370. The third-order valence-electron chi connectivity index (χ3n) is 1.14. The van der Waals surface area contributed by atoms with E-state index in [1.54, 1.807) is 11.8 Å². The first kappa shape index (κ1) is 5.76. The van der Waals surface area contributed by atoms with Crippen LogP contribution in [-0.4, -0.2) is 0 Å². The fourth-order valence-corrected chi connectivity index (χ4v) is 1.06. The molecule has 44 valence electrons. The number of hydrogen-bond acceptors (Lipinski definition) is 2. The molecule has 1 nitrogen and oxygen atoms in total. The summed E-state index contributed by atoms with van der Waals surface area (Å²) >= 11 is 1.76. The number of rotatable bonds is 0. The van der Waals surface area contributed by atoms with Crippen LogP contribution < -0.4 is 5.32 Å². The van der Waals surface area contributed by atoms with Gasteiger partial charge in [-0.1, -0.05) is 11.8 Å². The topological polar surface area (TPSA) is 12.0 Å². The molecule has 1 aliphatic heterocycles. The quantitative estimate of drug-likeness (QED) is 0.534. The normalized spacial score (nSPS) is 18.8. The Balaban J connectivity index is 2.67. The molecule has 1 heterocycles. The van der Waals surface area contributed by atoms with Crippen LogP contribution in [0, 0.1) is 0 Å². The molecule has 0 fully saturated rings. The third-order valence-corrected chi connectivity index (χ3v) is 2.07. The fraction of sp³-hybridized carbons (Fsp3) is 0.333. The number of allylic oxidation sites excluding steroid dienone is 2. The summed E-state index contributed by atoms with van der Waals surface area (Å²) in [5, 5.41) is 5.15. The van der Waals surface area contributed by atoms with Crippen molar-refractivity contribution < 1.29 is 0 Å². The van der Waals surface area contributed by atoms with Crippen LogP contribution in [0.4, 0.5) is 0 Å². The van der Waals surface area contributed by atoms with E-state index in [1.165, 1.54) is 10.6 Å². The molecule has 0 saturated heterocycles. The third kappa shape index (κ3) is 1.07.